The van der Waals surface area contributed by atoms with Gasteiger partial charge in [0.1, 0.15) is 6.04 Å². The molecule has 4 aromatic rings. The van der Waals surface area contributed by atoms with Gasteiger partial charge in [0.2, 0.25) is 0 Å². The van der Waals surface area contributed by atoms with E-state index >= 15 is 0 Å². The van der Waals surface area contributed by atoms with Gasteiger partial charge in [-0.1, -0.05) is 0 Å². The number of hydrogen-bond donors (Lipinski definition) is 2. The lowest BCUT2D eigenvalue weighted by Gasteiger charge is -2.20. The van der Waals surface area contributed by atoms with Crippen LogP contribution in [0.15, 0.2) is 66.0 Å². The molecule has 0 aliphatic carbocycles. The Morgan fingerprint density at radius 2 is 2.13 bits per heavy atom. The van der Waals surface area contributed by atoms with Gasteiger partial charge < -0.3 is 15.0 Å². The van der Waals surface area contributed by atoms with E-state index in [1.807, 2.05) is 12.1 Å². The molecule has 150 valence electrons. The molecule has 9 nitrogen and oxygen atoms in total. The first-order valence-corrected chi connectivity index (χ1v) is 9.51. The number of H-pyrrole nitrogens is 1. The molecule has 0 bridgehead atoms. The standard InChI is InChI=1S/C21H18N6O3/c28-20-6-5-15(14-2-1-7-22-9-14)26-27(20)19-11-30-10-18(19)25-21(29)13-3-4-16-17(8-13)24-12-23-16/h1-9,12,18-19H,10-11H2,(H,23,24)(H,25,29). The molecule has 2 unspecified atom stereocenters. The molecule has 0 spiro atoms. The zero-order valence-corrected chi connectivity index (χ0v) is 15.9. The number of imidazole rings is 1. The van der Waals surface area contributed by atoms with Crippen LogP contribution >= 0.6 is 0 Å². The molecule has 3 aromatic heterocycles. The number of pyridine rings is 1. The molecule has 1 fully saturated rings. The Kier molecular flexibility index (Phi) is 4.56. The first kappa shape index (κ1) is 18.2. The molecule has 4 heterocycles. The fourth-order valence-corrected chi connectivity index (χ4v) is 3.58. The maximum absolute atomic E-state index is 12.8. The number of hydrogen-bond acceptors (Lipinski definition) is 6. The number of benzene rings is 1. The van der Waals surface area contributed by atoms with E-state index in [1.165, 1.54) is 10.7 Å². The predicted molar refractivity (Wildman–Crippen MR) is 109 cm³/mol. The van der Waals surface area contributed by atoms with Crippen LogP contribution in [0.2, 0.25) is 0 Å². The number of fused-ring (bicyclic) bond motifs is 1. The van der Waals surface area contributed by atoms with Crippen molar-refractivity contribution in [3.8, 4) is 11.3 Å². The van der Waals surface area contributed by atoms with Gasteiger partial charge in [-0.05, 0) is 36.4 Å². The van der Waals surface area contributed by atoms with Crippen molar-refractivity contribution in [1.29, 1.82) is 0 Å². The van der Waals surface area contributed by atoms with Crippen LogP contribution in [0.5, 0.6) is 0 Å². The molecule has 0 saturated carbocycles. The molecule has 5 rings (SSSR count). The number of aromatic nitrogens is 5. The van der Waals surface area contributed by atoms with Crippen LogP contribution in [-0.2, 0) is 4.74 Å². The summed E-state index contributed by atoms with van der Waals surface area (Å²) in [4.78, 5) is 36.6. The number of amides is 1. The van der Waals surface area contributed by atoms with Gasteiger partial charge in [-0.25, -0.2) is 9.67 Å². The number of carbonyl (C=O) groups is 1. The smallest absolute Gasteiger partial charge is 0.267 e. The summed E-state index contributed by atoms with van der Waals surface area (Å²) >= 11 is 0. The van der Waals surface area contributed by atoms with Crippen LogP contribution in [0.25, 0.3) is 22.3 Å². The summed E-state index contributed by atoms with van der Waals surface area (Å²) in [5, 5.41) is 7.49. The van der Waals surface area contributed by atoms with Gasteiger partial charge in [0, 0.05) is 29.6 Å². The Labute approximate surface area is 170 Å². The van der Waals surface area contributed by atoms with E-state index in [1.54, 1.807) is 43.0 Å². The van der Waals surface area contributed by atoms with E-state index < -0.39 is 6.04 Å². The SMILES string of the molecule is O=C(NC1COCC1n1nc(-c2cccnc2)ccc1=O)c1ccc2nc[nH]c2c1. The van der Waals surface area contributed by atoms with Crippen molar-refractivity contribution < 1.29 is 9.53 Å². The maximum Gasteiger partial charge on any atom is 0.267 e. The van der Waals surface area contributed by atoms with Crippen molar-refractivity contribution in [3.63, 3.8) is 0 Å². The third-order valence-electron chi connectivity index (χ3n) is 5.15. The van der Waals surface area contributed by atoms with E-state index in [0.717, 1.165) is 16.6 Å². The molecule has 9 heteroatoms. The summed E-state index contributed by atoms with van der Waals surface area (Å²) in [5.41, 5.74) is 3.25. The Bertz CT molecular complexity index is 1270. The van der Waals surface area contributed by atoms with E-state index in [9.17, 15) is 9.59 Å². The molecular formula is C21H18N6O3. The van der Waals surface area contributed by atoms with Crippen molar-refractivity contribution in [2.24, 2.45) is 0 Å². The molecule has 2 N–H and O–H groups in total. The molecule has 0 radical (unpaired) electrons. The van der Waals surface area contributed by atoms with Crippen LogP contribution in [0.1, 0.15) is 16.4 Å². The zero-order chi connectivity index (χ0) is 20.5. The maximum atomic E-state index is 12.8. The summed E-state index contributed by atoms with van der Waals surface area (Å²) in [6.45, 7) is 0.585. The van der Waals surface area contributed by atoms with E-state index in [4.69, 9.17) is 4.74 Å². The van der Waals surface area contributed by atoms with Gasteiger partial charge in [-0.2, -0.15) is 5.10 Å². The highest BCUT2D eigenvalue weighted by atomic mass is 16.5. The number of nitrogens with zero attached hydrogens (tertiary/aromatic N) is 4. The largest absolute Gasteiger partial charge is 0.377 e. The molecular weight excluding hydrogens is 384 g/mol. The topological polar surface area (TPSA) is 115 Å². The molecule has 1 amide bonds. The van der Waals surface area contributed by atoms with Gasteiger partial charge in [0.05, 0.1) is 42.3 Å². The van der Waals surface area contributed by atoms with Gasteiger partial charge >= 0.3 is 0 Å². The fraction of sp³-hybridized carbons (Fsp3) is 0.190. The lowest BCUT2D eigenvalue weighted by Crippen LogP contribution is -2.44. The van der Waals surface area contributed by atoms with E-state index in [2.05, 4.69) is 25.4 Å². The second-order valence-electron chi connectivity index (χ2n) is 7.06. The Morgan fingerprint density at radius 1 is 1.20 bits per heavy atom. The molecule has 1 saturated heterocycles. The van der Waals surface area contributed by atoms with E-state index in [-0.39, 0.29) is 24.1 Å². The van der Waals surface area contributed by atoms with E-state index in [0.29, 0.717) is 17.9 Å². The highest BCUT2D eigenvalue weighted by Crippen LogP contribution is 2.21. The van der Waals surface area contributed by atoms with Gasteiger partial charge in [-0.15, -0.1) is 0 Å². The van der Waals surface area contributed by atoms with Crippen LogP contribution in [-0.4, -0.2) is 49.9 Å². The van der Waals surface area contributed by atoms with Crippen molar-refractivity contribution in [3.05, 3.63) is 77.1 Å². The first-order valence-electron chi connectivity index (χ1n) is 9.51. The summed E-state index contributed by atoms with van der Waals surface area (Å²) in [6, 6.07) is 11.3. The Morgan fingerprint density at radius 3 is 3.00 bits per heavy atom. The van der Waals surface area contributed by atoms with Crippen LogP contribution in [0, 0.1) is 0 Å². The number of ether oxygens (including phenoxy) is 1. The lowest BCUT2D eigenvalue weighted by atomic mass is 10.1. The third-order valence-corrected chi connectivity index (χ3v) is 5.15. The lowest BCUT2D eigenvalue weighted by molar-refractivity contribution is 0.0925. The van der Waals surface area contributed by atoms with Gasteiger partial charge in [0.15, 0.2) is 0 Å². The van der Waals surface area contributed by atoms with Crippen molar-refractivity contribution in [1.82, 2.24) is 30.0 Å². The van der Waals surface area contributed by atoms with Crippen molar-refractivity contribution in [2.75, 3.05) is 13.2 Å². The summed E-state index contributed by atoms with van der Waals surface area (Å²) in [5.74, 6) is -0.247. The number of carbonyl (C=O) groups excluding carboxylic acids is 1. The predicted octanol–water partition coefficient (Wildman–Crippen LogP) is 1.55. The second-order valence-corrected chi connectivity index (χ2v) is 7.06. The van der Waals surface area contributed by atoms with Gasteiger partial charge in [0.25, 0.3) is 11.5 Å². The minimum atomic E-state index is -0.408. The number of aromatic amines is 1. The summed E-state index contributed by atoms with van der Waals surface area (Å²) < 4.78 is 6.96. The van der Waals surface area contributed by atoms with Crippen molar-refractivity contribution in [2.45, 2.75) is 12.1 Å². The zero-order valence-electron chi connectivity index (χ0n) is 15.9. The molecule has 2 atom stereocenters. The highest BCUT2D eigenvalue weighted by molar-refractivity contribution is 5.97. The quantitative estimate of drug-likeness (QED) is 0.535. The monoisotopic (exact) mass is 402 g/mol. The normalized spacial score (nSPS) is 18.5. The molecule has 1 aliphatic heterocycles. The van der Waals surface area contributed by atoms with Crippen molar-refractivity contribution >= 4 is 16.9 Å². The minimum absolute atomic E-state index is 0.247. The molecule has 1 aliphatic rings. The number of nitrogens with one attached hydrogen (secondary N) is 2. The molecule has 30 heavy (non-hydrogen) atoms. The van der Waals surface area contributed by atoms with Crippen LogP contribution < -0.4 is 10.9 Å². The third kappa shape index (κ3) is 3.35. The Hall–Kier alpha value is -3.85. The fourth-order valence-electron chi connectivity index (χ4n) is 3.58. The van der Waals surface area contributed by atoms with Gasteiger partial charge in [-0.3, -0.25) is 14.6 Å². The van der Waals surface area contributed by atoms with Crippen LogP contribution in [0.4, 0.5) is 0 Å². The highest BCUT2D eigenvalue weighted by Gasteiger charge is 2.33. The van der Waals surface area contributed by atoms with Crippen LogP contribution in [0.3, 0.4) is 0 Å². The first-order chi connectivity index (χ1) is 14.7. The summed E-state index contributed by atoms with van der Waals surface area (Å²) in [7, 11) is 0. The average Bonchev–Trinajstić information content (AvgIpc) is 3.43. The number of rotatable bonds is 4. The second kappa shape index (κ2) is 7.53. The molecule has 1 aromatic carbocycles. The Balaban J connectivity index is 1.41. The average molecular weight is 402 g/mol. The minimum Gasteiger partial charge on any atom is -0.377 e. The summed E-state index contributed by atoms with van der Waals surface area (Å²) in [6.07, 6.45) is 4.95.